The fraction of sp³-hybridized carbons (Fsp3) is 0.353. The van der Waals surface area contributed by atoms with Gasteiger partial charge in [-0.1, -0.05) is 12.2 Å². The van der Waals surface area contributed by atoms with Crippen molar-refractivity contribution in [3.05, 3.63) is 47.7 Å². The minimum atomic E-state index is -4.50. The number of nitrogens with zero attached hydrogens (tertiary/aromatic N) is 5. The molecule has 2 aromatic heterocycles. The molecule has 8 heteroatoms. The minimum absolute atomic E-state index is 0.266. The molecular formula is C17H16F3N5. The summed E-state index contributed by atoms with van der Waals surface area (Å²) in [5.74, 6) is 0.607. The molecule has 0 spiro atoms. The Hall–Kier alpha value is -2.82. The number of rotatable bonds is 3. The molecule has 0 fully saturated rings. The predicted molar refractivity (Wildman–Crippen MR) is 86.2 cm³/mol. The number of imidazole rings is 1. The normalized spacial score (nSPS) is 16.0. The van der Waals surface area contributed by atoms with E-state index >= 15 is 0 Å². The smallest absolute Gasteiger partial charge is 0.349 e. The van der Waals surface area contributed by atoms with E-state index in [-0.39, 0.29) is 6.04 Å². The average molecular weight is 347 g/mol. The first-order chi connectivity index (χ1) is 11.9. The van der Waals surface area contributed by atoms with Gasteiger partial charge in [0.2, 0.25) is 0 Å². The Morgan fingerprint density at radius 3 is 2.80 bits per heavy atom. The summed E-state index contributed by atoms with van der Waals surface area (Å²) < 4.78 is 40.6. The molecule has 0 unspecified atom stereocenters. The van der Waals surface area contributed by atoms with Crippen molar-refractivity contribution in [2.24, 2.45) is 0 Å². The van der Waals surface area contributed by atoms with Crippen molar-refractivity contribution in [3.8, 4) is 6.07 Å². The van der Waals surface area contributed by atoms with E-state index in [2.05, 4.69) is 16.0 Å². The zero-order valence-electron chi connectivity index (χ0n) is 13.7. The monoisotopic (exact) mass is 347 g/mol. The topological polar surface area (TPSA) is 57.7 Å². The predicted octanol–water partition coefficient (Wildman–Crippen LogP) is 3.81. The van der Waals surface area contributed by atoms with Crippen LogP contribution in [0.4, 0.5) is 13.2 Å². The molecule has 25 heavy (non-hydrogen) atoms. The molecule has 0 amide bonds. The Kier molecular flexibility index (Phi) is 4.25. The van der Waals surface area contributed by atoms with Crippen LogP contribution in [0, 0.1) is 11.3 Å². The Morgan fingerprint density at radius 1 is 1.40 bits per heavy atom. The lowest BCUT2D eigenvalue weighted by molar-refractivity contribution is -0.141. The van der Waals surface area contributed by atoms with E-state index in [9.17, 15) is 18.4 Å². The van der Waals surface area contributed by atoms with Gasteiger partial charge < -0.3 is 9.47 Å². The van der Waals surface area contributed by atoms with E-state index in [0.717, 1.165) is 12.3 Å². The fourth-order valence-corrected chi connectivity index (χ4v) is 2.99. The van der Waals surface area contributed by atoms with Gasteiger partial charge in [0.05, 0.1) is 17.8 Å². The van der Waals surface area contributed by atoms with Gasteiger partial charge in [0.15, 0.2) is 0 Å². The Labute approximate surface area is 142 Å². The van der Waals surface area contributed by atoms with Crippen LogP contribution in [0.2, 0.25) is 0 Å². The number of hydrogen-bond acceptors (Lipinski definition) is 4. The van der Waals surface area contributed by atoms with Crippen molar-refractivity contribution < 1.29 is 13.2 Å². The second-order valence-corrected chi connectivity index (χ2v) is 5.69. The van der Waals surface area contributed by atoms with E-state index in [1.165, 1.54) is 0 Å². The molecule has 0 saturated carbocycles. The maximum atomic E-state index is 13.0. The van der Waals surface area contributed by atoms with Crippen molar-refractivity contribution in [1.82, 2.24) is 19.4 Å². The summed E-state index contributed by atoms with van der Waals surface area (Å²) >= 11 is 0. The largest absolute Gasteiger partial charge is 0.433 e. The van der Waals surface area contributed by atoms with E-state index in [1.54, 1.807) is 10.6 Å². The Morgan fingerprint density at radius 2 is 2.16 bits per heavy atom. The summed E-state index contributed by atoms with van der Waals surface area (Å²) in [5.41, 5.74) is 0.361. The van der Waals surface area contributed by atoms with Gasteiger partial charge in [-0.25, -0.2) is 9.97 Å². The van der Waals surface area contributed by atoms with E-state index in [4.69, 9.17) is 0 Å². The summed E-state index contributed by atoms with van der Waals surface area (Å²) in [4.78, 5) is 9.83. The Bertz CT molecular complexity index is 901. The molecule has 0 aliphatic carbocycles. The molecule has 130 valence electrons. The minimum Gasteiger partial charge on any atom is -0.349 e. The molecule has 3 heterocycles. The van der Waals surface area contributed by atoms with Gasteiger partial charge in [-0.05, 0) is 26.0 Å². The second-order valence-electron chi connectivity index (χ2n) is 5.69. The third-order valence-electron chi connectivity index (χ3n) is 4.23. The summed E-state index contributed by atoms with van der Waals surface area (Å²) in [6, 6.07) is 2.90. The van der Waals surface area contributed by atoms with Gasteiger partial charge in [-0.2, -0.15) is 18.4 Å². The number of fused-ring (bicyclic) bond motifs is 1. The second kappa shape index (κ2) is 6.24. The molecular weight excluding hydrogens is 331 g/mol. The summed E-state index contributed by atoms with van der Waals surface area (Å²) in [5, 5.41) is 9.29. The highest BCUT2D eigenvalue weighted by Crippen LogP contribution is 2.32. The van der Waals surface area contributed by atoms with Crippen LogP contribution >= 0.6 is 0 Å². The SMILES string of the molecule is CCn1c([C@@H](C)N2CC=CC=C2C#N)nc2cnc(C(F)(F)F)cc21. The third kappa shape index (κ3) is 2.97. The summed E-state index contributed by atoms with van der Waals surface area (Å²) in [6.07, 6.45) is 2.08. The van der Waals surface area contributed by atoms with Crippen LogP contribution < -0.4 is 0 Å². The van der Waals surface area contributed by atoms with Crippen LogP contribution in [0.3, 0.4) is 0 Å². The van der Waals surface area contributed by atoms with Crippen LogP contribution in [0.5, 0.6) is 0 Å². The quantitative estimate of drug-likeness (QED) is 0.847. The van der Waals surface area contributed by atoms with Gasteiger partial charge in [0.25, 0.3) is 0 Å². The highest BCUT2D eigenvalue weighted by Gasteiger charge is 2.33. The van der Waals surface area contributed by atoms with E-state index in [1.807, 2.05) is 30.9 Å². The first-order valence-electron chi connectivity index (χ1n) is 7.83. The molecule has 0 bridgehead atoms. The number of pyridine rings is 1. The molecule has 1 atom stereocenters. The van der Waals surface area contributed by atoms with Crippen molar-refractivity contribution in [3.63, 3.8) is 0 Å². The molecule has 3 rings (SSSR count). The van der Waals surface area contributed by atoms with Crippen LogP contribution in [0.25, 0.3) is 11.0 Å². The number of hydrogen-bond donors (Lipinski definition) is 0. The number of aryl methyl sites for hydroxylation is 1. The molecule has 1 aliphatic rings. The van der Waals surface area contributed by atoms with Crippen LogP contribution in [-0.4, -0.2) is 26.0 Å². The van der Waals surface area contributed by atoms with Crippen LogP contribution in [-0.2, 0) is 12.7 Å². The zero-order valence-corrected chi connectivity index (χ0v) is 13.7. The summed E-state index contributed by atoms with van der Waals surface area (Å²) in [7, 11) is 0. The van der Waals surface area contributed by atoms with Crippen molar-refractivity contribution >= 4 is 11.0 Å². The lowest BCUT2D eigenvalue weighted by atomic mass is 10.2. The first kappa shape index (κ1) is 17.0. The zero-order chi connectivity index (χ0) is 18.2. The maximum Gasteiger partial charge on any atom is 0.433 e. The number of nitriles is 1. The van der Waals surface area contributed by atoms with Gasteiger partial charge in [-0.15, -0.1) is 0 Å². The summed E-state index contributed by atoms with van der Waals surface area (Å²) in [6.45, 7) is 4.74. The standard InChI is InChI=1S/C17H16F3N5/c1-3-24-14-8-15(17(18,19)20)22-10-13(14)23-16(24)11(2)25-7-5-4-6-12(25)9-21/h4-6,8,10-11H,3,7H2,1-2H3/t11-/m1/s1. The van der Waals surface area contributed by atoms with Gasteiger partial charge in [0.1, 0.15) is 28.8 Å². The lowest BCUT2D eigenvalue weighted by Crippen LogP contribution is -2.29. The molecule has 0 saturated heterocycles. The molecule has 0 radical (unpaired) electrons. The molecule has 5 nitrogen and oxygen atoms in total. The molecule has 0 N–H and O–H groups in total. The maximum absolute atomic E-state index is 13.0. The van der Waals surface area contributed by atoms with Gasteiger partial charge in [0, 0.05) is 13.1 Å². The molecule has 1 aliphatic heterocycles. The third-order valence-corrected chi connectivity index (χ3v) is 4.23. The number of halogens is 3. The van der Waals surface area contributed by atoms with Crippen LogP contribution in [0.15, 0.2) is 36.2 Å². The first-order valence-corrected chi connectivity index (χ1v) is 7.83. The number of alkyl halides is 3. The van der Waals surface area contributed by atoms with E-state index < -0.39 is 11.9 Å². The van der Waals surface area contributed by atoms with Crippen molar-refractivity contribution in [2.75, 3.05) is 6.54 Å². The van der Waals surface area contributed by atoms with E-state index in [0.29, 0.717) is 35.6 Å². The fourth-order valence-electron chi connectivity index (χ4n) is 2.99. The number of aromatic nitrogens is 3. The van der Waals surface area contributed by atoms with Crippen LogP contribution in [0.1, 0.15) is 31.4 Å². The highest BCUT2D eigenvalue weighted by molar-refractivity contribution is 5.75. The number of allylic oxidation sites excluding steroid dienone is 3. The Balaban J connectivity index is 2.09. The molecule has 2 aromatic rings. The molecule has 0 aromatic carbocycles. The lowest BCUT2D eigenvalue weighted by Gasteiger charge is -2.30. The van der Waals surface area contributed by atoms with Gasteiger partial charge in [-0.3, -0.25) is 0 Å². The highest BCUT2D eigenvalue weighted by atomic mass is 19.4. The van der Waals surface area contributed by atoms with Crippen molar-refractivity contribution in [2.45, 2.75) is 32.6 Å². The van der Waals surface area contributed by atoms with Crippen molar-refractivity contribution in [1.29, 1.82) is 5.26 Å². The average Bonchev–Trinajstić information content (AvgIpc) is 2.98. The van der Waals surface area contributed by atoms with Gasteiger partial charge >= 0.3 is 6.18 Å².